The van der Waals surface area contributed by atoms with Gasteiger partial charge in [0.2, 0.25) is 10.0 Å². The predicted molar refractivity (Wildman–Crippen MR) is 63.3 cm³/mol. The van der Waals surface area contributed by atoms with Crippen molar-refractivity contribution in [3.05, 3.63) is 0 Å². The average Bonchev–Trinajstić information content (AvgIpc) is 2.49. The molecule has 0 N–H and O–H groups in total. The second-order valence-corrected chi connectivity index (χ2v) is 6.59. The maximum absolute atomic E-state index is 11.6. The second-order valence-electron chi connectivity index (χ2n) is 4.55. The molecule has 1 fully saturated rings. The molecule has 0 aromatic rings. The number of sulfonamides is 1. The first-order chi connectivity index (χ1) is 7.01. The van der Waals surface area contributed by atoms with Crippen LogP contribution in [0.3, 0.4) is 0 Å². The molecule has 90 valence electrons. The molecule has 1 saturated heterocycles. The molecule has 1 rings (SSSR count). The summed E-state index contributed by atoms with van der Waals surface area (Å²) in [5, 5.41) is 0. The van der Waals surface area contributed by atoms with Crippen LogP contribution in [-0.2, 0) is 10.0 Å². The van der Waals surface area contributed by atoms with Crippen LogP contribution in [0, 0.1) is 5.92 Å². The van der Waals surface area contributed by atoms with Crippen LogP contribution in [0.2, 0.25) is 0 Å². The minimum atomic E-state index is -2.91. The Kier molecular flexibility index (Phi) is 4.59. The second kappa shape index (κ2) is 5.30. The highest BCUT2D eigenvalue weighted by atomic mass is 32.2. The van der Waals surface area contributed by atoms with Crippen LogP contribution in [0.25, 0.3) is 0 Å². The molecule has 0 aliphatic carbocycles. The lowest BCUT2D eigenvalue weighted by molar-refractivity contribution is 0.314. The van der Waals surface area contributed by atoms with Crippen LogP contribution in [0.5, 0.6) is 0 Å². The summed E-state index contributed by atoms with van der Waals surface area (Å²) in [6.07, 6.45) is 4.19. The molecule has 0 amide bonds. The third kappa shape index (κ3) is 3.18. The van der Waals surface area contributed by atoms with Crippen LogP contribution >= 0.6 is 0 Å². The van der Waals surface area contributed by atoms with Gasteiger partial charge in [-0.2, -0.15) is 4.31 Å². The molecule has 2 atom stereocenters. The Bertz CT molecular complexity index is 287. The molecule has 0 saturated carbocycles. The van der Waals surface area contributed by atoms with Crippen LogP contribution in [0.4, 0.5) is 0 Å². The van der Waals surface area contributed by atoms with Gasteiger partial charge in [-0.15, -0.1) is 0 Å². The molecule has 1 heterocycles. The van der Waals surface area contributed by atoms with Crippen molar-refractivity contribution in [3.8, 4) is 0 Å². The van der Waals surface area contributed by atoms with Gasteiger partial charge in [-0.05, 0) is 25.2 Å². The molecular formula is C11H23NO2S. The van der Waals surface area contributed by atoms with E-state index in [2.05, 4.69) is 13.8 Å². The lowest BCUT2D eigenvalue weighted by atomic mass is 9.98. The quantitative estimate of drug-likeness (QED) is 0.730. The molecule has 3 nitrogen and oxygen atoms in total. The van der Waals surface area contributed by atoms with Gasteiger partial charge in [-0.25, -0.2) is 8.42 Å². The maximum atomic E-state index is 11.6. The molecule has 4 heteroatoms. The summed E-state index contributed by atoms with van der Waals surface area (Å²) in [5.41, 5.74) is 0. The van der Waals surface area contributed by atoms with Gasteiger partial charge in [-0.3, -0.25) is 0 Å². The van der Waals surface area contributed by atoms with Gasteiger partial charge >= 0.3 is 0 Å². The van der Waals surface area contributed by atoms with E-state index in [1.54, 1.807) is 4.31 Å². The summed E-state index contributed by atoms with van der Waals surface area (Å²) in [5.74, 6) is 1.07. The van der Waals surface area contributed by atoms with Gasteiger partial charge in [0, 0.05) is 12.6 Å². The summed E-state index contributed by atoms with van der Waals surface area (Å²) in [6.45, 7) is 6.99. The summed E-state index contributed by atoms with van der Waals surface area (Å²) < 4.78 is 25.0. The van der Waals surface area contributed by atoms with Gasteiger partial charge in [-0.1, -0.05) is 27.2 Å². The van der Waals surface area contributed by atoms with Crippen molar-refractivity contribution >= 4 is 10.0 Å². The third-order valence-corrected chi connectivity index (χ3v) is 5.50. The Morgan fingerprint density at radius 2 is 2.07 bits per heavy atom. The molecule has 0 radical (unpaired) electrons. The Morgan fingerprint density at radius 1 is 1.40 bits per heavy atom. The molecule has 0 spiro atoms. The highest BCUT2D eigenvalue weighted by molar-refractivity contribution is 7.89. The smallest absolute Gasteiger partial charge is 0.212 e. The minimum Gasteiger partial charge on any atom is -0.212 e. The lowest BCUT2D eigenvalue weighted by Gasteiger charge is -2.22. The Hall–Kier alpha value is -0.0900. The zero-order valence-electron chi connectivity index (χ0n) is 10.1. The standard InChI is InChI=1S/C11H23NO2S/c1-4-10(3)6-7-11-8-9-15(13,14)12(11)5-2/h10-11H,4-9H2,1-3H3. The number of hydrogen-bond acceptors (Lipinski definition) is 2. The summed E-state index contributed by atoms with van der Waals surface area (Å²) >= 11 is 0. The van der Waals surface area contributed by atoms with Gasteiger partial charge in [0.1, 0.15) is 0 Å². The minimum absolute atomic E-state index is 0.272. The predicted octanol–water partition coefficient (Wildman–Crippen LogP) is 2.24. The van der Waals surface area contributed by atoms with Gasteiger partial charge in [0.25, 0.3) is 0 Å². The molecule has 1 aliphatic rings. The third-order valence-electron chi connectivity index (χ3n) is 3.47. The number of rotatable bonds is 5. The van der Waals surface area contributed by atoms with Crippen molar-refractivity contribution in [2.75, 3.05) is 12.3 Å². The zero-order chi connectivity index (χ0) is 11.5. The maximum Gasteiger partial charge on any atom is 0.214 e. The Morgan fingerprint density at radius 3 is 2.60 bits per heavy atom. The first-order valence-corrected chi connectivity index (χ1v) is 7.61. The number of nitrogens with zero attached hydrogens (tertiary/aromatic N) is 1. The first-order valence-electron chi connectivity index (χ1n) is 6.00. The van der Waals surface area contributed by atoms with Crippen molar-refractivity contribution in [2.24, 2.45) is 5.92 Å². The normalized spacial score (nSPS) is 28.1. The fourth-order valence-electron chi connectivity index (χ4n) is 2.20. The fourth-order valence-corrected chi connectivity index (χ4v) is 4.06. The van der Waals surface area contributed by atoms with E-state index in [0.717, 1.165) is 19.3 Å². The Labute approximate surface area is 93.9 Å². The molecule has 0 bridgehead atoms. The Balaban J connectivity index is 2.50. The van der Waals surface area contributed by atoms with Gasteiger partial charge in [0.05, 0.1) is 5.75 Å². The monoisotopic (exact) mass is 233 g/mol. The topological polar surface area (TPSA) is 37.4 Å². The van der Waals surface area contributed by atoms with Crippen LogP contribution in [-0.4, -0.2) is 31.1 Å². The molecule has 0 aromatic heterocycles. The van der Waals surface area contributed by atoms with E-state index in [1.165, 1.54) is 6.42 Å². The van der Waals surface area contributed by atoms with E-state index in [1.807, 2.05) is 6.92 Å². The van der Waals surface area contributed by atoms with Crippen molar-refractivity contribution in [1.29, 1.82) is 0 Å². The largest absolute Gasteiger partial charge is 0.214 e. The van der Waals surface area contributed by atoms with E-state index in [4.69, 9.17) is 0 Å². The van der Waals surface area contributed by atoms with Gasteiger partial charge in [0.15, 0.2) is 0 Å². The SMILES string of the molecule is CCC(C)CCC1CCS(=O)(=O)N1CC. The first kappa shape index (κ1) is 13.0. The highest BCUT2D eigenvalue weighted by Gasteiger charge is 2.35. The summed E-state index contributed by atoms with van der Waals surface area (Å²) in [4.78, 5) is 0. The van der Waals surface area contributed by atoms with Crippen LogP contribution in [0.1, 0.15) is 46.5 Å². The molecule has 0 aromatic carbocycles. The summed E-state index contributed by atoms with van der Waals surface area (Å²) in [7, 11) is -2.91. The lowest BCUT2D eigenvalue weighted by Crippen LogP contribution is -2.33. The van der Waals surface area contributed by atoms with Crippen molar-refractivity contribution in [3.63, 3.8) is 0 Å². The van der Waals surface area contributed by atoms with E-state index < -0.39 is 10.0 Å². The molecule has 1 aliphatic heterocycles. The molecular weight excluding hydrogens is 210 g/mol. The van der Waals surface area contributed by atoms with Crippen LogP contribution < -0.4 is 0 Å². The van der Waals surface area contributed by atoms with Crippen molar-refractivity contribution in [2.45, 2.75) is 52.5 Å². The van der Waals surface area contributed by atoms with E-state index in [-0.39, 0.29) is 6.04 Å². The molecule has 15 heavy (non-hydrogen) atoms. The average molecular weight is 233 g/mol. The van der Waals surface area contributed by atoms with Crippen LogP contribution in [0.15, 0.2) is 0 Å². The fraction of sp³-hybridized carbons (Fsp3) is 1.00. The zero-order valence-corrected chi connectivity index (χ0v) is 10.9. The van der Waals surface area contributed by atoms with E-state index in [9.17, 15) is 8.42 Å². The summed E-state index contributed by atoms with van der Waals surface area (Å²) in [6, 6.07) is 0.272. The van der Waals surface area contributed by atoms with Crippen molar-refractivity contribution in [1.82, 2.24) is 4.31 Å². The highest BCUT2D eigenvalue weighted by Crippen LogP contribution is 2.26. The van der Waals surface area contributed by atoms with Crippen molar-refractivity contribution < 1.29 is 8.42 Å². The van der Waals surface area contributed by atoms with Gasteiger partial charge < -0.3 is 0 Å². The van der Waals surface area contributed by atoms with E-state index >= 15 is 0 Å². The van der Waals surface area contributed by atoms with E-state index in [0.29, 0.717) is 18.2 Å². The number of hydrogen-bond donors (Lipinski definition) is 0. The molecule has 2 unspecified atom stereocenters.